The molecule has 0 atom stereocenters. The number of anilines is 1. The molecule has 8 nitrogen and oxygen atoms in total. The van der Waals surface area contributed by atoms with Crippen molar-refractivity contribution in [2.24, 2.45) is 0 Å². The molecule has 1 N–H and O–H groups in total. The molecule has 0 radical (unpaired) electrons. The van der Waals surface area contributed by atoms with E-state index in [2.05, 4.69) is 10.3 Å². The van der Waals surface area contributed by atoms with Crippen molar-refractivity contribution in [1.82, 2.24) is 9.55 Å². The standard InChI is InChI=1S/C15H13N3O5S/c1-2-22-13(20)9-8-24-14(16-9)17-12(19)7-18-10-5-3-4-6-11(10)23-15(18)21/h3-6,8H,2,7H2,1H3,(H,16,17,19). The van der Waals surface area contributed by atoms with Crippen molar-refractivity contribution in [3.05, 3.63) is 45.9 Å². The van der Waals surface area contributed by atoms with Crippen LogP contribution >= 0.6 is 11.3 Å². The Labute approximate surface area is 139 Å². The molecule has 0 aliphatic heterocycles. The maximum Gasteiger partial charge on any atom is 0.420 e. The van der Waals surface area contributed by atoms with Gasteiger partial charge >= 0.3 is 11.7 Å². The molecule has 2 aromatic heterocycles. The van der Waals surface area contributed by atoms with Crippen LogP contribution in [0.4, 0.5) is 5.13 Å². The molecule has 24 heavy (non-hydrogen) atoms. The fourth-order valence-corrected chi connectivity index (χ4v) is 2.79. The largest absolute Gasteiger partial charge is 0.461 e. The molecule has 0 saturated heterocycles. The van der Waals surface area contributed by atoms with Crippen LogP contribution in [0.2, 0.25) is 0 Å². The number of nitrogens with one attached hydrogen (secondary N) is 1. The van der Waals surface area contributed by atoms with Gasteiger partial charge in [-0.2, -0.15) is 0 Å². The van der Waals surface area contributed by atoms with Crippen molar-refractivity contribution in [2.45, 2.75) is 13.5 Å². The van der Waals surface area contributed by atoms with E-state index in [4.69, 9.17) is 9.15 Å². The van der Waals surface area contributed by atoms with Gasteiger partial charge in [0.2, 0.25) is 5.91 Å². The number of thiazole rings is 1. The van der Waals surface area contributed by atoms with Crippen molar-refractivity contribution in [2.75, 3.05) is 11.9 Å². The molecule has 124 valence electrons. The first kappa shape index (κ1) is 15.9. The zero-order valence-electron chi connectivity index (χ0n) is 12.6. The average molecular weight is 347 g/mol. The third kappa shape index (κ3) is 3.20. The lowest BCUT2D eigenvalue weighted by atomic mass is 10.3. The van der Waals surface area contributed by atoms with Crippen LogP contribution in [0.5, 0.6) is 0 Å². The van der Waals surface area contributed by atoms with Crippen molar-refractivity contribution < 1.29 is 18.7 Å². The zero-order chi connectivity index (χ0) is 17.1. The van der Waals surface area contributed by atoms with E-state index < -0.39 is 17.6 Å². The molecular weight excluding hydrogens is 334 g/mol. The number of ether oxygens (including phenoxy) is 1. The van der Waals surface area contributed by atoms with Gasteiger partial charge in [0.1, 0.15) is 6.54 Å². The Bertz CT molecular complexity index is 955. The lowest BCUT2D eigenvalue weighted by Gasteiger charge is -2.02. The van der Waals surface area contributed by atoms with E-state index >= 15 is 0 Å². The molecule has 0 aliphatic carbocycles. The lowest BCUT2D eigenvalue weighted by Crippen LogP contribution is -2.24. The Hall–Kier alpha value is -2.94. The number of oxazole rings is 1. The highest BCUT2D eigenvalue weighted by atomic mass is 32.1. The highest BCUT2D eigenvalue weighted by molar-refractivity contribution is 7.14. The summed E-state index contributed by atoms with van der Waals surface area (Å²) in [4.78, 5) is 39.5. The Morgan fingerprint density at radius 1 is 1.38 bits per heavy atom. The molecule has 1 amide bonds. The van der Waals surface area contributed by atoms with Crippen LogP contribution < -0.4 is 11.1 Å². The Morgan fingerprint density at radius 2 is 2.17 bits per heavy atom. The zero-order valence-corrected chi connectivity index (χ0v) is 13.5. The van der Waals surface area contributed by atoms with Crippen molar-refractivity contribution >= 4 is 39.4 Å². The third-order valence-electron chi connectivity index (χ3n) is 3.11. The topological polar surface area (TPSA) is 103 Å². The number of para-hydroxylation sites is 2. The van der Waals surface area contributed by atoms with Crippen LogP contribution in [0.15, 0.2) is 38.9 Å². The predicted octanol–water partition coefficient (Wildman–Crippen LogP) is 1.87. The Balaban J connectivity index is 1.73. The fraction of sp³-hybridized carbons (Fsp3) is 0.200. The van der Waals surface area contributed by atoms with Gasteiger partial charge in [-0.3, -0.25) is 9.36 Å². The Kier molecular flexibility index (Phi) is 4.43. The second kappa shape index (κ2) is 6.67. The summed E-state index contributed by atoms with van der Waals surface area (Å²) in [5.74, 6) is -1.61. The SMILES string of the molecule is CCOC(=O)c1csc(NC(=O)Cn2c(=O)oc3ccccc32)n1. The van der Waals surface area contributed by atoms with Crippen LogP contribution in [0.1, 0.15) is 17.4 Å². The first-order valence-electron chi connectivity index (χ1n) is 7.09. The van der Waals surface area contributed by atoms with E-state index in [9.17, 15) is 14.4 Å². The molecule has 0 unspecified atom stereocenters. The van der Waals surface area contributed by atoms with Crippen LogP contribution in [-0.4, -0.2) is 28.0 Å². The maximum atomic E-state index is 12.1. The summed E-state index contributed by atoms with van der Waals surface area (Å²) in [5, 5.41) is 4.30. The highest BCUT2D eigenvalue weighted by Gasteiger charge is 2.15. The molecular formula is C15H13N3O5S. The number of aromatic nitrogens is 2. The normalized spacial score (nSPS) is 10.7. The van der Waals surface area contributed by atoms with Crippen LogP contribution in [0, 0.1) is 0 Å². The highest BCUT2D eigenvalue weighted by Crippen LogP contribution is 2.17. The molecule has 0 aliphatic rings. The quantitative estimate of drug-likeness (QED) is 0.707. The number of carbonyl (C=O) groups is 2. The van der Waals surface area contributed by atoms with E-state index in [0.29, 0.717) is 11.1 Å². The second-order valence-corrected chi connectivity index (χ2v) is 5.59. The number of hydrogen-bond donors (Lipinski definition) is 1. The van der Waals surface area contributed by atoms with Gasteiger partial charge in [0.05, 0.1) is 12.1 Å². The summed E-state index contributed by atoms with van der Waals surface area (Å²) in [6, 6.07) is 6.83. The summed E-state index contributed by atoms with van der Waals surface area (Å²) < 4.78 is 11.1. The maximum absolute atomic E-state index is 12.1. The molecule has 9 heteroatoms. The van der Waals surface area contributed by atoms with E-state index in [1.165, 1.54) is 9.95 Å². The van der Waals surface area contributed by atoms with Gasteiger partial charge in [-0.05, 0) is 19.1 Å². The number of fused-ring (bicyclic) bond motifs is 1. The first-order chi connectivity index (χ1) is 11.6. The van der Waals surface area contributed by atoms with E-state index in [1.54, 1.807) is 31.2 Å². The van der Waals surface area contributed by atoms with Gasteiger partial charge in [0.25, 0.3) is 0 Å². The fourth-order valence-electron chi connectivity index (χ4n) is 2.10. The van der Waals surface area contributed by atoms with Gasteiger partial charge in [-0.15, -0.1) is 11.3 Å². The minimum atomic E-state index is -0.613. The predicted molar refractivity (Wildman–Crippen MR) is 87.2 cm³/mol. The van der Waals surface area contributed by atoms with Crippen molar-refractivity contribution in [3.8, 4) is 0 Å². The Morgan fingerprint density at radius 3 is 2.96 bits per heavy atom. The first-order valence-corrected chi connectivity index (χ1v) is 7.97. The molecule has 0 spiro atoms. The number of hydrogen-bond acceptors (Lipinski definition) is 7. The van der Waals surface area contributed by atoms with Crippen LogP contribution in [-0.2, 0) is 16.1 Å². The minimum Gasteiger partial charge on any atom is -0.461 e. The minimum absolute atomic E-state index is 0.128. The van der Waals surface area contributed by atoms with Crippen molar-refractivity contribution in [3.63, 3.8) is 0 Å². The lowest BCUT2D eigenvalue weighted by molar-refractivity contribution is -0.116. The number of nitrogens with zero attached hydrogens (tertiary/aromatic N) is 2. The summed E-state index contributed by atoms with van der Waals surface area (Å²) in [5.41, 5.74) is 1.07. The van der Waals surface area contributed by atoms with E-state index in [1.807, 2.05) is 0 Å². The number of benzene rings is 1. The molecule has 0 saturated carbocycles. The molecule has 0 bridgehead atoms. The van der Waals surface area contributed by atoms with Gasteiger partial charge in [-0.1, -0.05) is 12.1 Å². The second-order valence-electron chi connectivity index (χ2n) is 4.73. The number of amides is 1. The van der Waals surface area contributed by atoms with Gasteiger partial charge in [-0.25, -0.2) is 14.6 Å². The van der Waals surface area contributed by atoms with Crippen LogP contribution in [0.3, 0.4) is 0 Å². The van der Waals surface area contributed by atoms with Gasteiger partial charge < -0.3 is 14.5 Å². The van der Waals surface area contributed by atoms with Gasteiger partial charge in [0.15, 0.2) is 16.4 Å². The third-order valence-corrected chi connectivity index (χ3v) is 3.87. The summed E-state index contributed by atoms with van der Waals surface area (Å²) in [6.45, 7) is 1.72. The molecule has 3 aromatic rings. The summed E-state index contributed by atoms with van der Waals surface area (Å²) >= 11 is 1.10. The monoisotopic (exact) mass is 347 g/mol. The number of carbonyl (C=O) groups excluding carboxylic acids is 2. The molecule has 3 rings (SSSR count). The van der Waals surface area contributed by atoms with Gasteiger partial charge in [0, 0.05) is 5.38 Å². The van der Waals surface area contributed by atoms with Crippen molar-refractivity contribution in [1.29, 1.82) is 0 Å². The molecule has 0 fully saturated rings. The number of esters is 1. The summed E-state index contributed by atoms with van der Waals surface area (Å²) in [6.07, 6.45) is 0. The molecule has 1 aromatic carbocycles. The number of rotatable bonds is 5. The average Bonchev–Trinajstić information content (AvgIpc) is 3.13. The molecule has 2 heterocycles. The van der Waals surface area contributed by atoms with Crippen LogP contribution in [0.25, 0.3) is 11.1 Å². The van der Waals surface area contributed by atoms with E-state index in [0.717, 1.165) is 11.3 Å². The summed E-state index contributed by atoms with van der Waals surface area (Å²) in [7, 11) is 0. The van der Waals surface area contributed by atoms with E-state index in [-0.39, 0.29) is 24.0 Å². The smallest absolute Gasteiger partial charge is 0.420 e.